The van der Waals surface area contributed by atoms with Gasteiger partial charge in [0, 0.05) is 10.8 Å². The summed E-state index contributed by atoms with van der Waals surface area (Å²) in [5.41, 5.74) is 20.4. The van der Waals surface area contributed by atoms with Crippen molar-refractivity contribution in [1.29, 1.82) is 0 Å². The van der Waals surface area contributed by atoms with E-state index in [0.717, 1.165) is 21.9 Å². The Morgan fingerprint density at radius 2 is 0.745 bits per heavy atom. The first kappa shape index (κ1) is 33.9. The molecule has 0 bridgehead atoms. The van der Waals surface area contributed by atoms with Crippen LogP contribution in [0.3, 0.4) is 0 Å². The fourth-order valence-corrected chi connectivity index (χ4v) is 9.61. The van der Waals surface area contributed by atoms with Crippen molar-refractivity contribution in [3.05, 3.63) is 121 Å². The van der Waals surface area contributed by atoms with Gasteiger partial charge in [-0.05, 0) is 101 Å². The molecule has 0 aliphatic carbocycles. The molecule has 0 radical (unpaired) electrons. The number of hydrogen-bond acceptors (Lipinski definition) is 1. The SMILES string of the molecule is Bc1c(B)c(B)c2c(-c3ccc4c(ccc5ccccc54)c3)c3c(B)c(B)c(B)c(B)c3c(-c3ccc(-c4ccc5oc6ccccc6c5c4)cc3)c2c1B. The molecule has 9 aromatic carbocycles. The van der Waals surface area contributed by atoms with E-state index in [1.807, 2.05) is 12.1 Å². The molecule has 55 heavy (non-hydrogen) atoms. The molecule has 9 heteroatoms. The summed E-state index contributed by atoms with van der Waals surface area (Å²) in [6, 6.07) is 44.7. The molecular weight excluding hydrogens is 655 g/mol. The second-order valence-electron chi connectivity index (χ2n) is 15.9. The Hall–Kier alpha value is -5.66. The molecule has 0 spiro atoms. The number of hydrogen-bond donors (Lipinski definition) is 0. The number of rotatable bonds is 3. The van der Waals surface area contributed by atoms with Crippen molar-refractivity contribution in [3.8, 4) is 33.4 Å². The van der Waals surface area contributed by atoms with E-state index in [4.69, 9.17) is 4.42 Å². The van der Waals surface area contributed by atoms with Crippen LogP contribution in [-0.4, -0.2) is 62.8 Å². The summed E-state index contributed by atoms with van der Waals surface area (Å²) < 4.78 is 6.16. The molecular formula is C46H36B8O. The van der Waals surface area contributed by atoms with Gasteiger partial charge in [-0.15, -0.1) is 21.9 Å². The van der Waals surface area contributed by atoms with Crippen molar-refractivity contribution in [2.24, 2.45) is 0 Å². The van der Waals surface area contributed by atoms with Crippen LogP contribution in [0.25, 0.3) is 98.4 Å². The number of benzene rings is 9. The molecule has 0 saturated carbocycles. The second-order valence-corrected chi connectivity index (χ2v) is 15.9. The maximum absolute atomic E-state index is 6.16. The van der Waals surface area contributed by atoms with Crippen LogP contribution in [0.15, 0.2) is 126 Å². The minimum atomic E-state index is 0.924. The van der Waals surface area contributed by atoms with Crippen LogP contribution in [0.5, 0.6) is 0 Å². The predicted molar refractivity (Wildman–Crippen MR) is 265 cm³/mol. The molecule has 1 nitrogen and oxygen atoms in total. The van der Waals surface area contributed by atoms with Crippen LogP contribution >= 0.6 is 0 Å². The van der Waals surface area contributed by atoms with Crippen LogP contribution in [0.1, 0.15) is 0 Å². The van der Waals surface area contributed by atoms with Crippen molar-refractivity contribution in [1.82, 2.24) is 0 Å². The third-order valence-electron chi connectivity index (χ3n) is 13.3. The Balaban J connectivity index is 1.28. The molecule has 0 fully saturated rings. The molecule has 0 amide bonds. The molecule has 0 N–H and O–H groups in total. The fraction of sp³-hybridized carbons (Fsp3) is 0. The molecule has 0 atom stereocenters. The summed E-state index contributed by atoms with van der Waals surface area (Å²) in [5, 5.41) is 12.9. The van der Waals surface area contributed by atoms with Crippen molar-refractivity contribution < 1.29 is 4.42 Å². The highest BCUT2D eigenvalue weighted by Crippen LogP contribution is 2.42. The highest BCUT2D eigenvalue weighted by Gasteiger charge is 2.25. The monoisotopic (exact) mass is 692 g/mol. The summed E-state index contributed by atoms with van der Waals surface area (Å²) in [6.07, 6.45) is 0. The molecule has 0 aliphatic heterocycles. The Morgan fingerprint density at radius 3 is 1.38 bits per heavy atom. The van der Waals surface area contributed by atoms with Crippen LogP contribution in [0, 0.1) is 0 Å². The first-order valence-corrected chi connectivity index (χ1v) is 19.5. The predicted octanol–water partition coefficient (Wildman–Crippen LogP) is -0.733. The average molecular weight is 691 g/mol. The van der Waals surface area contributed by atoms with Crippen LogP contribution in [0.4, 0.5) is 0 Å². The molecule has 1 heterocycles. The van der Waals surface area contributed by atoms with Gasteiger partial charge in [0.25, 0.3) is 0 Å². The van der Waals surface area contributed by atoms with Gasteiger partial charge >= 0.3 is 0 Å². The minimum absolute atomic E-state index is 0.924. The highest BCUT2D eigenvalue weighted by molar-refractivity contribution is 6.71. The van der Waals surface area contributed by atoms with Crippen LogP contribution < -0.4 is 43.7 Å². The smallest absolute Gasteiger partial charge is 0.139 e. The number of fused-ring (bicyclic) bond motifs is 8. The average Bonchev–Trinajstić information content (AvgIpc) is 3.60. The first-order chi connectivity index (χ1) is 26.6. The standard InChI is InChI=1S/C46H36B8O/c47-39-35-33(23-12-9-21(10-13-23)24-16-18-32-30(20-24)29-7-3-4-8-31(29)55-32)36-38(42(50)46(54)44(52)40(36)48)34(37(35)41(49)45(53)43(39)51)26-15-17-28-25(19-26)14-11-22-5-1-2-6-27(22)28/h1-20H,47-54H2. The van der Waals surface area contributed by atoms with Crippen molar-refractivity contribution >= 4 is 172 Å². The zero-order valence-corrected chi connectivity index (χ0v) is 33.0. The fourth-order valence-electron chi connectivity index (χ4n) is 9.61. The van der Waals surface area contributed by atoms with Gasteiger partial charge in [0.2, 0.25) is 0 Å². The zero-order valence-electron chi connectivity index (χ0n) is 33.0. The van der Waals surface area contributed by atoms with E-state index >= 15 is 0 Å². The highest BCUT2D eigenvalue weighted by atomic mass is 16.3. The van der Waals surface area contributed by atoms with E-state index < -0.39 is 0 Å². The molecule has 10 aromatic rings. The van der Waals surface area contributed by atoms with E-state index in [-0.39, 0.29) is 0 Å². The lowest BCUT2D eigenvalue weighted by Gasteiger charge is -2.28. The topological polar surface area (TPSA) is 13.1 Å². The molecule has 0 saturated heterocycles. The van der Waals surface area contributed by atoms with E-state index in [1.165, 1.54) is 120 Å². The summed E-state index contributed by atoms with van der Waals surface area (Å²) in [6.45, 7) is 0. The molecule has 250 valence electrons. The minimum Gasteiger partial charge on any atom is -0.456 e. The molecule has 1 aromatic heterocycles. The van der Waals surface area contributed by atoms with E-state index in [2.05, 4.69) is 172 Å². The number of furan rings is 1. The molecule has 0 aliphatic rings. The Kier molecular flexibility index (Phi) is 7.66. The lowest BCUT2D eigenvalue weighted by Crippen LogP contribution is -2.50. The number of para-hydroxylation sites is 1. The Bertz CT molecular complexity index is 3210. The third-order valence-corrected chi connectivity index (χ3v) is 13.3. The van der Waals surface area contributed by atoms with E-state index in [0.29, 0.717) is 0 Å². The van der Waals surface area contributed by atoms with Crippen LogP contribution in [-0.2, 0) is 0 Å². The van der Waals surface area contributed by atoms with E-state index in [9.17, 15) is 0 Å². The van der Waals surface area contributed by atoms with Gasteiger partial charge in [-0.3, -0.25) is 0 Å². The Labute approximate surface area is 329 Å². The van der Waals surface area contributed by atoms with Gasteiger partial charge in [0.15, 0.2) is 0 Å². The van der Waals surface area contributed by atoms with Gasteiger partial charge < -0.3 is 4.42 Å². The first-order valence-electron chi connectivity index (χ1n) is 19.5. The normalized spacial score (nSPS) is 11.9. The largest absolute Gasteiger partial charge is 0.456 e. The maximum atomic E-state index is 6.16. The van der Waals surface area contributed by atoms with Crippen molar-refractivity contribution in [2.45, 2.75) is 0 Å². The van der Waals surface area contributed by atoms with Gasteiger partial charge in [0.1, 0.15) is 73.9 Å². The summed E-state index contributed by atoms with van der Waals surface area (Å²) in [7, 11) is 18.6. The molecule has 0 unspecified atom stereocenters. The van der Waals surface area contributed by atoms with Crippen LogP contribution in [0.2, 0.25) is 0 Å². The van der Waals surface area contributed by atoms with Crippen molar-refractivity contribution in [2.75, 3.05) is 0 Å². The zero-order chi connectivity index (χ0) is 37.9. The summed E-state index contributed by atoms with van der Waals surface area (Å²) >= 11 is 0. The quantitative estimate of drug-likeness (QED) is 0.136. The second kappa shape index (κ2) is 12.4. The lowest BCUT2D eigenvalue weighted by molar-refractivity contribution is 0.669. The maximum Gasteiger partial charge on any atom is 0.139 e. The lowest BCUT2D eigenvalue weighted by atomic mass is 9.59. The van der Waals surface area contributed by atoms with Crippen molar-refractivity contribution in [3.63, 3.8) is 0 Å². The summed E-state index contributed by atoms with van der Waals surface area (Å²) in [5.74, 6) is 0. The summed E-state index contributed by atoms with van der Waals surface area (Å²) in [4.78, 5) is 0. The third kappa shape index (κ3) is 4.91. The van der Waals surface area contributed by atoms with E-state index in [1.54, 1.807) is 0 Å². The van der Waals surface area contributed by atoms with Gasteiger partial charge in [-0.2, -0.15) is 0 Å². The van der Waals surface area contributed by atoms with Gasteiger partial charge in [-0.25, -0.2) is 0 Å². The van der Waals surface area contributed by atoms with Gasteiger partial charge in [-0.1, -0.05) is 119 Å². The Morgan fingerprint density at radius 1 is 0.291 bits per heavy atom. The molecule has 10 rings (SSSR count). The van der Waals surface area contributed by atoms with Gasteiger partial charge in [0.05, 0.1) is 0 Å².